The number of aromatic nitrogens is 1. The topological polar surface area (TPSA) is 82.4 Å². The first-order chi connectivity index (χ1) is 18.8. The number of hydrogen-bond acceptors (Lipinski definition) is 8. The number of methoxy groups -OCH3 is 2. The van der Waals surface area contributed by atoms with E-state index in [0.717, 1.165) is 29.9 Å². The van der Waals surface area contributed by atoms with Crippen LogP contribution in [-0.4, -0.2) is 44.5 Å². The number of carbonyl (C=O) groups excluding carboxylic acids is 1. The van der Waals surface area contributed by atoms with Crippen molar-refractivity contribution in [3.8, 4) is 11.5 Å². The number of fused-ring (bicyclic) bond motifs is 1. The van der Waals surface area contributed by atoms with Gasteiger partial charge in [-0.25, -0.2) is 9.79 Å². The lowest BCUT2D eigenvalue weighted by atomic mass is 9.96. The molecule has 1 aromatic heterocycles. The van der Waals surface area contributed by atoms with Crippen LogP contribution in [0.4, 0.5) is 5.69 Å². The molecule has 206 valence electrons. The summed E-state index contributed by atoms with van der Waals surface area (Å²) in [5.41, 5.74) is 3.15. The monoisotopic (exact) mass is 613 g/mol. The molecule has 0 spiro atoms. The molecule has 0 saturated heterocycles. The van der Waals surface area contributed by atoms with Crippen LogP contribution in [0.2, 0.25) is 0 Å². The third-order valence-corrected chi connectivity index (χ3v) is 8.24. The molecule has 39 heavy (non-hydrogen) atoms. The highest BCUT2D eigenvalue weighted by molar-refractivity contribution is 9.10. The van der Waals surface area contributed by atoms with Crippen molar-refractivity contribution < 1.29 is 19.0 Å². The van der Waals surface area contributed by atoms with Gasteiger partial charge in [0.25, 0.3) is 5.56 Å². The first-order valence-corrected chi connectivity index (χ1v) is 14.3. The summed E-state index contributed by atoms with van der Waals surface area (Å²) >= 11 is 4.81. The largest absolute Gasteiger partial charge is 0.496 e. The van der Waals surface area contributed by atoms with E-state index in [9.17, 15) is 9.59 Å². The van der Waals surface area contributed by atoms with Gasteiger partial charge in [0.05, 0.1) is 47.1 Å². The van der Waals surface area contributed by atoms with Crippen LogP contribution in [0.25, 0.3) is 6.08 Å². The van der Waals surface area contributed by atoms with Crippen molar-refractivity contribution in [1.82, 2.24) is 4.57 Å². The molecular formula is C29H32BrN3O5S. The Kier molecular flexibility index (Phi) is 8.97. The van der Waals surface area contributed by atoms with Gasteiger partial charge in [-0.05, 0) is 79.5 Å². The number of anilines is 1. The Labute approximate surface area is 240 Å². The molecule has 0 bridgehead atoms. The predicted octanol–water partition coefficient (Wildman–Crippen LogP) is 4.42. The maximum absolute atomic E-state index is 13.9. The lowest BCUT2D eigenvalue weighted by molar-refractivity contribution is -0.139. The van der Waals surface area contributed by atoms with E-state index >= 15 is 0 Å². The molecule has 8 nitrogen and oxygen atoms in total. The van der Waals surface area contributed by atoms with Crippen molar-refractivity contribution in [2.45, 2.75) is 33.7 Å². The van der Waals surface area contributed by atoms with Gasteiger partial charge in [0, 0.05) is 30.4 Å². The number of esters is 1. The second kappa shape index (κ2) is 12.2. The zero-order chi connectivity index (χ0) is 28.3. The molecule has 0 radical (unpaired) electrons. The maximum atomic E-state index is 13.9. The van der Waals surface area contributed by atoms with E-state index in [2.05, 4.69) is 39.7 Å². The van der Waals surface area contributed by atoms with E-state index in [4.69, 9.17) is 14.2 Å². The summed E-state index contributed by atoms with van der Waals surface area (Å²) in [6.07, 6.45) is 1.82. The first kappa shape index (κ1) is 28.6. The SMILES string of the molecule is CCOC(=O)C1=C(C)N=c2s/c(=C/c3ccc(N(CC)CC)cc3OC)c(=O)n2[C@@H]1c1ccc(OC)c(Br)c1. The molecular weight excluding hydrogens is 582 g/mol. The summed E-state index contributed by atoms with van der Waals surface area (Å²) in [6.45, 7) is 9.69. The Morgan fingerprint density at radius 2 is 1.82 bits per heavy atom. The highest BCUT2D eigenvalue weighted by Gasteiger charge is 2.33. The number of carbonyl (C=O) groups is 1. The Bertz CT molecular complexity index is 1600. The summed E-state index contributed by atoms with van der Waals surface area (Å²) in [5, 5.41) is 0. The van der Waals surface area contributed by atoms with Gasteiger partial charge in [-0.2, -0.15) is 0 Å². The molecule has 10 heteroatoms. The van der Waals surface area contributed by atoms with E-state index in [1.54, 1.807) is 38.7 Å². The van der Waals surface area contributed by atoms with Crippen LogP contribution in [0.1, 0.15) is 44.9 Å². The minimum Gasteiger partial charge on any atom is -0.496 e. The summed E-state index contributed by atoms with van der Waals surface area (Å²) in [4.78, 5) is 34.4. The van der Waals surface area contributed by atoms with E-state index in [1.165, 1.54) is 11.3 Å². The second-order valence-corrected chi connectivity index (χ2v) is 10.7. The molecule has 2 aromatic carbocycles. The molecule has 0 amide bonds. The second-order valence-electron chi connectivity index (χ2n) is 8.79. The average molecular weight is 615 g/mol. The van der Waals surface area contributed by atoms with Gasteiger partial charge in [0.15, 0.2) is 4.80 Å². The van der Waals surface area contributed by atoms with E-state index in [-0.39, 0.29) is 12.2 Å². The van der Waals surface area contributed by atoms with Crippen molar-refractivity contribution >= 4 is 45.0 Å². The molecule has 0 N–H and O–H groups in total. The number of thiazole rings is 1. The molecule has 0 fully saturated rings. The molecule has 0 aliphatic carbocycles. The van der Waals surface area contributed by atoms with Crippen LogP contribution < -0.4 is 29.3 Å². The molecule has 0 saturated carbocycles. The molecule has 3 aromatic rings. The van der Waals surface area contributed by atoms with Crippen LogP contribution in [0.15, 0.2) is 61.9 Å². The molecule has 0 unspecified atom stereocenters. The number of hydrogen-bond donors (Lipinski definition) is 0. The van der Waals surface area contributed by atoms with Gasteiger partial charge in [0.2, 0.25) is 0 Å². The van der Waals surface area contributed by atoms with Gasteiger partial charge in [0.1, 0.15) is 11.5 Å². The van der Waals surface area contributed by atoms with E-state index in [1.807, 2.05) is 36.4 Å². The quantitative estimate of drug-likeness (QED) is 0.332. The fourth-order valence-electron chi connectivity index (χ4n) is 4.71. The van der Waals surface area contributed by atoms with Crippen molar-refractivity contribution in [1.29, 1.82) is 0 Å². The number of ether oxygens (including phenoxy) is 3. The first-order valence-electron chi connectivity index (χ1n) is 12.7. The third-order valence-electron chi connectivity index (χ3n) is 6.64. The number of benzene rings is 2. The fourth-order valence-corrected chi connectivity index (χ4v) is 6.30. The van der Waals surface area contributed by atoms with Gasteiger partial charge in [-0.1, -0.05) is 17.4 Å². The standard InChI is InChI=1S/C29H32BrN3O5S/c1-7-32(8-2)20-12-10-18(23(16-20)37-6)15-24-27(34)33-26(19-11-13-22(36-5)21(30)14-19)25(28(35)38-9-3)17(4)31-29(33)39-24/h10-16,26H,7-9H2,1-6H3/b24-15+/t26-/m1/s1. The molecule has 1 aliphatic heterocycles. The van der Waals surface area contributed by atoms with Gasteiger partial charge < -0.3 is 19.1 Å². The van der Waals surface area contributed by atoms with Crippen LogP contribution in [0, 0.1) is 0 Å². The van der Waals surface area contributed by atoms with Crippen molar-refractivity contribution in [3.05, 3.63) is 83.0 Å². The van der Waals surface area contributed by atoms with Gasteiger partial charge >= 0.3 is 5.97 Å². The maximum Gasteiger partial charge on any atom is 0.338 e. The molecule has 2 heterocycles. The zero-order valence-electron chi connectivity index (χ0n) is 22.9. The molecule has 1 aliphatic rings. The summed E-state index contributed by atoms with van der Waals surface area (Å²) in [7, 11) is 3.20. The van der Waals surface area contributed by atoms with Crippen molar-refractivity contribution in [2.75, 3.05) is 38.8 Å². The van der Waals surface area contributed by atoms with Gasteiger partial charge in [-0.3, -0.25) is 9.36 Å². The predicted molar refractivity (Wildman–Crippen MR) is 158 cm³/mol. The average Bonchev–Trinajstić information content (AvgIpc) is 3.23. The Morgan fingerprint density at radius 3 is 2.44 bits per heavy atom. The minimum atomic E-state index is -0.711. The van der Waals surface area contributed by atoms with Crippen LogP contribution >= 0.6 is 27.3 Å². The number of allylic oxidation sites excluding steroid dienone is 1. The summed E-state index contributed by atoms with van der Waals surface area (Å²) in [5.74, 6) is 0.813. The van der Waals surface area contributed by atoms with Crippen LogP contribution in [0.3, 0.4) is 0 Å². The smallest absolute Gasteiger partial charge is 0.338 e. The van der Waals surface area contributed by atoms with Crippen molar-refractivity contribution in [3.63, 3.8) is 0 Å². The summed E-state index contributed by atoms with van der Waals surface area (Å²) in [6, 6.07) is 10.8. The Hall–Kier alpha value is -3.37. The number of nitrogens with zero attached hydrogens (tertiary/aromatic N) is 3. The number of halogens is 1. The number of rotatable bonds is 9. The zero-order valence-corrected chi connectivity index (χ0v) is 25.3. The lowest BCUT2D eigenvalue weighted by Gasteiger charge is -2.25. The minimum absolute atomic E-state index is 0.211. The Morgan fingerprint density at radius 1 is 1.10 bits per heavy atom. The van der Waals surface area contributed by atoms with E-state index in [0.29, 0.717) is 36.6 Å². The van der Waals surface area contributed by atoms with Gasteiger partial charge in [-0.15, -0.1) is 0 Å². The van der Waals surface area contributed by atoms with Crippen LogP contribution in [0.5, 0.6) is 11.5 Å². The van der Waals surface area contributed by atoms with Crippen molar-refractivity contribution in [2.24, 2.45) is 4.99 Å². The Balaban J connectivity index is 1.92. The highest BCUT2D eigenvalue weighted by atomic mass is 79.9. The normalized spacial score (nSPS) is 15.1. The van der Waals surface area contributed by atoms with Crippen LogP contribution in [-0.2, 0) is 9.53 Å². The lowest BCUT2D eigenvalue weighted by Crippen LogP contribution is -2.40. The third kappa shape index (κ3) is 5.53. The fraction of sp³-hybridized carbons (Fsp3) is 0.345. The van der Waals surface area contributed by atoms with E-state index < -0.39 is 12.0 Å². The molecule has 1 atom stereocenters. The highest BCUT2D eigenvalue weighted by Crippen LogP contribution is 2.35. The summed E-state index contributed by atoms with van der Waals surface area (Å²) < 4.78 is 19.2. The molecule has 4 rings (SSSR count).